The van der Waals surface area contributed by atoms with Crippen LogP contribution in [0.3, 0.4) is 0 Å². The van der Waals surface area contributed by atoms with Gasteiger partial charge >= 0.3 is 5.97 Å². The Kier molecular flexibility index (Phi) is 6.69. The van der Waals surface area contributed by atoms with Gasteiger partial charge in [0.05, 0.1) is 23.8 Å². The van der Waals surface area contributed by atoms with E-state index in [4.69, 9.17) is 4.74 Å². The van der Waals surface area contributed by atoms with Crippen molar-refractivity contribution in [3.63, 3.8) is 0 Å². The van der Waals surface area contributed by atoms with Crippen LogP contribution in [0.1, 0.15) is 43.2 Å². The van der Waals surface area contributed by atoms with Crippen LogP contribution in [0.2, 0.25) is 0 Å². The minimum atomic E-state index is -3.53. The number of carbonyl (C=O) groups excluding carboxylic acids is 2. The topological polar surface area (TPSA) is 84.0 Å². The number of esters is 1. The maximum atomic E-state index is 13.3. The lowest BCUT2D eigenvalue weighted by atomic mass is 9.78. The summed E-state index contributed by atoms with van der Waals surface area (Å²) in [7, 11) is -2.17. The molecule has 2 aliphatic heterocycles. The molecule has 2 fully saturated rings. The van der Waals surface area contributed by atoms with E-state index in [-0.39, 0.29) is 23.2 Å². The molecule has 4 rings (SSSR count). The number of benzene rings is 1. The van der Waals surface area contributed by atoms with Gasteiger partial charge in [-0.05, 0) is 68.6 Å². The lowest BCUT2D eigenvalue weighted by Crippen LogP contribution is -2.46. The Balaban J connectivity index is 1.42. The number of amides is 1. The normalized spacial score (nSPS) is 25.4. The minimum Gasteiger partial charge on any atom is -0.469 e. The smallest absolute Gasteiger partial charge is 0.309 e. The van der Waals surface area contributed by atoms with Gasteiger partial charge in [-0.15, -0.1) is 0 Å². The molecular weight excluding hydrogens is 440 g/mol. The number of nitrogens with zero attached hydrogens (tertiary/aromatic N) is 2. The fourth-order valence-corrected chi connectivity index (χ4v) is 7.34. The maximum absolute atomic E-state index is 13.3. The monoisotopic (exact) mass is 474 g/mol. The van der Waals surface area contributed by atoms with Crippen LogP contribution in [-0.2, 0) is 24.3 Å². The van der Waals surface area contributed by atoms with E-state index >= 15 is 0 Å². The highest BCUT2D eigenvalue weighted by molar-refractivity contribution is 7.89. The molecule has 1 aromatic rings. The van der Waals surface area contributed by atoms with Crippen LogP contribution < -0.4 is 0 Å². The summed E-state index contributed by atoms with van der Waals surface area (Å²) in [4.78, 5) is 27.8. The van der Waals surface area contributed by atoms with Crippen LogP contribution in [0.4, 0.5) is 0 Å². The van der Waals surface area contributed by atoms with E-state index in [9.17, 15) is 18.0 Å². The number of rotatable bonds is 4. The summed E-state index contributed by atoms with van der Waals surface area (Å²) in [6.07, 6.45) is 7.38. The molecule has 2 atom stereocenters. The van der Waals surface area contributed by atoms with Crippen LogP contribution in [0, 0.1) is 31.1 Å². The molecule has 8 heteroatoms. The second-order valence-electron chi connectivity index (χ2n) is 9.86. The van der Waals surface area contributed by atoms with Crippen molar-refractivity contribution in [2.75, 3.05) is 33.3 Å². The summed E-state index contributed by atoms with van der Waals surface area (Å²) in [6.45, 7) is 5.97. The van der Waals surface area contributed by atoms with Gasteiger partial charge in [-0.2, -0.15) is 4.31 Å². The highest BCUT2D eigenvalue weighted by atomic mass is 32.2. The van der Waals surface area contributed by atoms with Gasteiger partial charge in [0.15, 0.2) is 0 Å². The van der Waals surface area contributed by atoms with Gasteiger partial charge in [-0.3, -0.25) is 9.59 Å². The predicted octanol–water partition coefficient (Wildman–Crippen LogP) is 3.06. The van der Waals surface area contributed by atoms with Gasteiger partial charge < -0.3 is 9.64 Å². The van der Waals surface area contributed by atoms with Gasteiger partial charge in [0.2, 0.25) is 15.9 Å². The zero-order valence-electron chi connectivity index (χ0n) is 19.7. The van der Waals surface area contributed by atoms with E-state index in [0.717, 1.165) is 30.4 Å². The van der Waals surface area contributed by atoms with Crippen LogP contribution in [-0.4, -0.2) is 62.8 Å². The third kappa shape index (κ3) is 4.60. The summed E-state index contributed by atoms with van der Waals surface area (Å²) in [6, 6.07) is 5.54. The molecule has 33 heavy (non-hydrogen) atoms. The number of likely N-dealkylation sites (tertiary alicyclic amines) is 1. The molecular formula is C25H34N2O5S. The average Bonchev–Trinajstić information content (AvgIpc) is 3.23. The molecule has 7 nitrogen and oxygen atoms in total. The number of ether oxygens (including phenoxy) is 1. The molecule has 0 radical (unpaired) electrons. The zero-order valence-corrected chi connectivity index (χ0v) is 20.6. The Bertz CT molecular complexity index is 1060. The summed E-state index contributed by atoms with van der Waals surface area (Å²) < 4.78 is 33.1. The molecule has 0 aromatic heterocycles. The third-order valence-electron chi connectivity index (χ3n) is 7.75. The van der Waals surface area contributed by atoms with Gasteiger partial charge in [0.25, 0.3) is 0 Å². The Morgan fingerprint density at radius 3 is 2.30 bits per heavy atom. The van der Waals surface area contributed by atoms with E-state index in [1.807, 2.05) is 43.0 Å². The summed E-state index contributed by atoms with van der Waals surface area (Å²) in [5.41, 5.74) is 1.65. The second kappa shape index (κ2) is 9.22. The lowest BCUT2D eigenvalue weighted by molar-refractivity contribution is -0.153. The quantitative estimate of drug-likeness (QED) is 0.495. The molecule has 0 N–H and O–H groups in total. The van der Waals surface area contributed by atoms with Crippen molar-refractivity contribution in [2.45, 2.75) is 50.8 Å². The summed E-state index contributed by atoms with van der Waals surface area (Å²) in [5.74, 6) is -1.09. The Morgan fingerprint density at radius 1 is 1.00 bits per heavy atom. The predicted molar refractivity (Wildman–Crippen MR) is 125 cm³/mol. The number of hydrogen-bond acceptors (Lipinski definition) is 5. The van der Waals surface area contributed by atoms with E-state index in [1.54, 1.807) is 10.4 Å². The number of methoxy groups -OCH3 is 1. The SMILES string of the molecule is COC(=O)[C@H]1CC=CC[C@H]1C(=O)N1CCC2(CCN(S(=O)(=O)c3cc(C)ccc3C)CC2)C1. The number of aryl methyl sites for hydroxylation is 2. The number of hydrogen-bond donors (Lipinski definition) is 0. The highest BCUT2D eigenvalue weighted by Crippen LogP contribution is 2.43. The number of carbonyl (C=O) groups is 2. The molecule has 2 saturated heterocycles. The Morgan fingerprint density at radius 2 is 1.64 bits per heavy atom. The Labute approximate surface area is 196 Å². The van der Waals surface area contributed by atoms with Gasteiger partial charge in [-0.25, -0.2) is 8.42 Å². The van der Waals surface area contributed by atoms with Crippen LogP contribution in [0.25, 0.3) is 0 Å². The van der Waals surface area contributed by atoms with Crippen molar-refractivity contribution >= 4 is 21.9 Å². The first-order valence-corrected chi connectivity index (χ1v) is 13.2. The molecule has 1 amide bonds. The van der Waals surface area contributed by atoms with Crippen molar-refractivity contribution in [1.29, 1.82) is 0 Å². The number of sulfonamides is 1. The van der Waals surface area contributed by atoms with Gasteiger partial charge in [-0.1, -0.05) is 24.3 Å². The molecule has 3 aliphatic rings. The van der Waals surface area contributed by atoms with E-state index in [2.05, 4.69) is 0 Å². The molecule has 1 spiro atoms. The standard InChI is InChI=1S/C25H34N2O5S/c1-18-8-9-19(2)22(16-18)33(30,31)27-14-11-25(12-15-27)10-13-26(17-25)23(28)20-6-4-5-7-21(20)24(29)32-3/h4-5,8-9,16,20-21H,6-7,10-15,17H2,1-3H3/t20-,21+/m1/s1. The lowest BCUT2D eigenvalue weighted by Gasteiger charge is -2.39. The minimum absolute atomic E-state index is 0.0251. The molecule has 0 saturated carbocycles. The van der Waals surface area contributed by atoms with Crippen molar-refractivity contribution in [3.05, 3.63) is 41.5 Å². The molecule has 1 aliphatic carbocycles. The fourth-order valence-electron chi connectivity index (χ4n) is 5.59. The van der Waals surface area contributed by atoms with Crippen molar-refractivity contribution < 1.29 is 22.7 Å². The van der Waals surface area contributed by atoms with Crippen LogP contribution in [0.15, 0.2) is 35.2 Å². The van der Waals surface area contributed by atoms with Crippen molar-refractivity contribution in [3.8, 4) is 0 Å². The van der Waals surface area contributed by atoms with E-state index in [1.165, 1.54) is 7.11 Å². The third-order valence-corrected chi connectivity index (χ3v) is 9.79. The van der Waals surface area contributed by atoms with Crippen LogP contribution >= 0.6 is 0 Å². The van der Waals surface area contributed by atoms with Crippen molar-refractivity contribution in [2.24, 2.45) is 17.3 Å². The van der Waals surface area contributed by atoms with Gasteiger partial charge in [0, 0.05) is 26.2 Å². The molecule has 1 aromatic carbocycles. The highest BCUT2D eigenvalue weighted by Gasteiger charge is 2.46. The maximum Gasteiger partial charge on any atom is 0.309 e. The molecule has 2 heterocycles. The van der Waals surface area contributed by atoms with Crippen molar-refractivity contribution in [1.82, 2.24) is 9.21 Å². The first kappa shape index (κ1) is 24.0. The average molecular weight is 475 g/mol. The summed E-state index contributed by atoms with van der Waals surface area (Å²) in [5, 5.41) is 0. The summed E-state index contributed by atoms with van der Waals surface area (Å²) >= 11 is 0. The first-order valence-electron chi connectivity index (χ1n) is 11.8. The van der Waals surface area contributed by atoms with E-state index < -0.39 is 15.9 Å². The van der Waals surface area contributed by atoms with E-state index in [0.29, 0.717) is 43.9 Å². The molecule has 180 valence electrons. The number of allylic oxidation sites excluding steroid dienone is 2. The van der Waals surface area contributed by atoms with Gasteiger partial charge in [0.1, 0.15) is 0 Å². The fraction of sp³-hybridized carbons (Fsp3) is 0.600. The zero-order chi connectivity index (χ0) is 23.8. The van der Waals surface area contributed by atoms with Crippen LogP contribution in [0.5, 0.6) is 0 Å². The second-order valence-corrected chi connectivity index (χ2v) is 11.8. The molecule has 0 bridgehead atoms. The molecule has 0 unspecified atom stereocenters. The number of piperidine rings is 1. The Hall–Kier alpha value is -2.19. The first-order chi connectivity index (χ1) is 15.7. The largest absolute Gasteiger partial charge is 0.469 e.